The number of aromatic nitrogens is 1. The van der Waals surface area contributed by atoms with E-state index in [0.717, 1.165) is 0 Å². The number of hydrogen-bond donors (Lipinski definition) is 1. The van der Waals surface area contributed by atoms with Gasteiger partial charge >= 0.3 is 11.5 Å². The quantitative estimate of drug-likeness (QED) is 0.670. The number of hydrogen-bond acceptors (Lipinski definition) is 4. The molecule has 1 rings (SSSR count). The molecule has 108 valence electrons. The summed E-state index contributed by atoms with van der Waals surface area (Å²) in [6.45, 7) is 3.41. The summed E-state index contributed by atoms with van der Waals surface area (Å²) in [6.07, 6.45) is 1.59. The van der Waals surface area contributed by atoms with Gasteiger partial charge in [0.25, 0.3) is 0 Å². The summed E-state index contributed by atoms with van der Waals surface area (Å²) in [7, 11) is 0. The minimum Gasteiger partial charge on any atom is -0.460 e. The van der Waals surface area contributed by atoms with Crippen molar-refractivity contribution < 1.29 is 22.7 Å². The predicted octanol–water partition coefficient (Wildman–Crippen LogP) is 3.06. The molecule has 0 aromatic carbocycles. The number of thioether (sulfide) groups is 1. The van der Waals surface area contributed by atoms with Gasteiger partial charge in [-0.1, -0.05) is 0 Å². The average Bonchev–Trinajstić information content (AvgIpc) is 2.65. The fourth-order valence-electron chi connectivity index (χ4n) is 1.46. The molecule has 0 saturated heterocycles. The minimum atomic E-state index is -4.31. The average molecular weight is 296 g/mol. The number of alkyl halides is 3. The van der Waals surface area contributed by atoms with Crippen molar-refractivity contribution in [2.45, 2.75) is 25.4 Å². The number of nitrogens with zero attached hydrogens (tertiary/aromatic N) is 1. The van der Waals surface area contributed by atoms with Gasteiger partial charge in [-0.3, -0.25) is 0 Å². The lowest BCUT2D eigenvalue weighted by Gasteiger charge is -2.12. The van der Waals surface area contributed by atoms with Crippen LogP contribution >= 0.6 is 11.8 Å². The van der Waals surface area contributed by atoms with Crippen LogP contribution in [0.2, 0.25) is 0 Å². The number of nitrogens with two attached hydrogens (primary N) is 1. The third-order valence-corrected chi connectivity index (χ3v) is 2.92. The fraction of sp³-hybridized carbons (Fsp3) is 0.545. The molecule has 0 amide bonds. The molecule has 4 nitrogen and oxygen atoms in total. The lowest BCUT2D eigenvalue weighted by atomic mass is 10.3. The highest BCUT2D eigenvalue weighted by Gasteiger charge is 2.27. The maximum atomic E-state index is 11.9. The zero-order valence-electron chi connectivity index (χ0n) is 10.5. The first-order valence-electron chi connectivity index (χ1n) is 5.56. The Morgan fingerprint density at radius 3 is 2.68 bits per heavy atom. The molecule has 0 atom stereocenters. The Kier molecular flexibility index (Phi) is 5.16. The van der Waals surface area contributed by atoms with E-state index in [9.17, 15) is 18.0 Å². The van der Waals surface area contributed by atoms with Crippen LogP contribution in [0.1, 0.15) is 30.4 Å². The molecule has 8 heteroatoms. The van der Waals surface area contributed by atoms with E-state index < -0.39 is 11.5 Å². The standard InChI is InChI=1S/C11H15F3N2O2S/c1-7(2)16-6-8(15)5-9(16)10(17)18-3-4-19-11(12,13)14/h5-7H,3-4,15H2,1-2H3. The van der Waals surface area contributed by atoms with E-state index in [-0.39, 0.29) is 35.9 Å². The van der Waals surface area contributed by atoms with E-state index in [1.807, 2.05) is 13.8 Å². The molecule has 1 heterocycles. The number of ether oxygens (including phenoxy) is 1. The zero-order valence-corrected chi connectivity index (χ0v) is 11.3. The molecule has 0 aliphatic rings. The summed E-state index contributed by atoms with van der Waals surface area (Å²) in [5.41, 5.74) is 1.92. The highest BCUT2D eigenvalue weighted by Crippen LogP contribution is 2.29. The minimum absolute atomic E-state index is 0.00407. The van der Waals surface area contributed by atoms with Crippen LogP contribution in [0.3, 0.4) is 0 Å². The van der Waals surface area contributed by atoms with E-state index in [0.29, 0.717) is 5.69 Å². The maximum absolute atomic E-state index is 11.9. The molecular formula is C11H15F3N2O2S. The van der Waals surface area contributed by atoms with Crippen molar-refractivity contribution in [2.24, 2.45) is 0 Å². The molecule has 0 bridgehead atoms. The van der Waals surface area contributed by atoms with E-state index in [2.05, 4.69) is 0 Å². The Morgan fingerprint density at radius 2 is 2.16 bits per heavy atom. The number of carbonyl (C=O) groups excluding carboxylic acids is 1. The molecule has 0 aliphatic heterocycles. The van der Waals surface area contributed by atoms with Crippen molar-refractivity contribution in [1.29, 1.82) is 0 Å². The molecule has 0 fully saturated rings. The monoisotopic (exact) mass is 296 g/mol. The molecule has 19 heavy (non-hydrogen) atoms. The number of rotatable bonds is 5. The first-order valence-corrected chi connectivity index (χ1v) is 6.54. The van der Waals surface area contributed by atoms with Gasteiger partial charge in [0.1, 0.15) is 12.3 Å². The van der Waals surface area contributed by atoms with E-state index in [1.165, 1.54) is 6.07 Å². The summed E-state index contributed by atoms with van der Waals surface area (Å²) >= 11 is -0.222. The number of halogens is 3. The Bertz CT molecular complexity index is 444. The van der Waals surface area contributed by atoms with Crippen molar-refractivity contribution in [3.8, 4) is 0 Å². The molecule has 0 saturated carbocycles. The molecule has 0 aliphatic carbocycles. The van der Waals surface area contributed by atoms with Crippen LogP contribution in [-0.2, 0) is 4.74 Å². The third kappa shape index (κ3) is 5.06. The first kappa shape index (κ1) is 15.7. The normalized spacial score (nSPS) is 11.9. The van der Waals surface area contributed by atoms with Gasteiger partial charge in [-0.05, 0) is 31.7 Å². The molecule has 0 spiro atoms. The summed E-state index contributed by atoms with van der Waals surface area (Å²) < 4.78 is 42.0. The Morgan fingerprint density at radius 1 is 1.53 bits per heavy atom. The lowest BCUT2D eigenvalue weighted by Crippen LogP contribution is -2.15. The maximum Gasteiger partial charge on any atom is 0.441 e. The Balaban J connectivity index is 2.54. The largest absolute Gasteiger partial charge is 0.460 e. The Labute approximate surface area is 113 Å². The van der Waals surface area contributed by atoms with Gasteiger partial charge in [0, 0.05) is 18.0 Å². The van der Waals surface area contributed by atoms with Gasteiger partial charge in [-0.25, -0.2) is 4.79 Å². The van der Waals surface area contributed by atoms with Gasteiger partial charge in [0.05, 0.1) is 5.69 Å². The predicted molar refractivity (Wildman–Crippen MR) is 68.0 cm³/mol. The van der Waals surface area contributed by atoms with Crippen LogP contribution in [0.4, 0.5) is 18.9 Å². The van der Waals surface area contributed by atoms with Crippen molar-refractivity contribution in [3.63, 3.8) is 0 Å². The van der Waals surface area contributed by atoms with E-state index in [4.69, 9.17) is 10.5 Å². The number of esters is 1. The van der Waals surface area contributed by atoms with Gasteiger partial charge in [-0.15, -0.1) is 0 Å². The van der Waals surface area contributed by atoms with Crippen LogP contribution < -0.4 is 5.73 Å². The van der Waals surface area contributed by atoms with Crippen LogP contribution in [0.15, 0.2) is 12.3 Å². The third-order valence-electron chi connectivity index (χ3n) is 2.22. The second kappa shape index (κ2) is 6.23. The van der Waals surface area contributed by atoms with Crippen molar-refractivity contribution in [2.75, 3.05) is 18.1 Å². The molecule has 1 aromatic heterocycles. The molecule has 1 aromatic rings. The lowest BCUT2D eigenvalue weighted by molar-refractivity contribution is -0.0331. The summed E-state index contributed by atoms with van der Waals surface area (Å²) in [6, 6.07) is 1.45. The summed E-state index contributed by atoms with van der Waals surface area (Å²) in [5.74, 6) is -0.999. The number of nitrogen functional groups attached to an aromatic ring is 1. The van der Waals surface area contributed by atoms with Crippen LogP contribution in [0.25, 0.3) is 0 Å². The fourth-order valence-corrected chi connectivity index (χ4v) is 1.86. The van der Waals surface area contributed by atoms with Crippen LogP contribution in [0, 0.1) is 0 Å². The smallest absolute Gasteiger partial charge is 0.441 e. The topological polar surface area (TPSA) is 57.2 Å². The number of anilines is 1. The SMILES string of the molecule is CC(C)n1cc(N)cc1C(=O)OCCSC(F)(F)F. The summed E-state index contributed by atoms with van der Waals surface area (Å²) in [5, 5.41) is 0. The van der Waals surface area contributed by atoms with E-state index >= 15 is 0 Å². The highest BCUT2D eigenvalue weighted by atomic mass is 32.2. The Hall–Kier alpha value is -1.31. The highest BCUT2D eigenvalue weighted by molar-refractivity contribution is 8.00. The van der Waals surface area contributed by atoms with Crippen molar-refractivity contribution in [1.82, 2.24) is 4.57 Å². The van der Waals surface area contributed by atoms with Gasteiger partial charge in [0.15, 0.2) is 0 Å². The van der Waals surface area contributed by atoms with Crippen molar-refractivity contribution >= 4 is 23.4 Å². The second-order valence-electron chi connectivity index (χ2n) is 4.09. The second-order valence-corrected chi connectivity index (χ2v) is 5.25. The first-order chi connectivity index (χ1) is 8.70. The molecular weight excluding hydrogens is 281 g/mol. The molecule has 0 unspecified atom stereocenters. The van der Waals surface area contributed by atoms with Gasteiger partial charge in [0.2, 0.25) is 0 Å². The molecule has 0 radical (unpaired) electrons. The van der Waals surface area contributed by atoms with Crippen LogP contribution in [-0.4, -0.2) is 28.4 Å². The summed E-state index contributed by atoms with van der Waals surface area (Å²) in [4.78, 5) is 11.7. The number of carbonyl (C=O) groups is 1. The van der Waals surface area contributed by atoms with Gasteiger partial charge < -0.3 is 15.0 Å². The van der Waals surface area contributed by atoms with Crippen molar-refractivity contribution in [3.05, 3.63) is 18.0 Å². The van der Waals surface area contributed by atoms with E-state index in [1.54, 1.807) is 10.8 Å². The zero-order chi connectivity index (χ0) is 14.6. The van der Waals surface area contributed by atoms with Crippen LogP contribution in [0.5, 0.6) is 0 Å². The molecule has 2 N–H and O–H groups in total. The van der Waals surface area contributed by atoms with Gasteiger partial charge in [-0.2, -0.15) is 13.2 Å².